The molecule has 7 nitrogen and oxygen atoms in total. The average molecular weight is 354 g/mol. The molecule has 3 aromatic rings. The van der Waals surface area contributed by atoms with Gasteiger partial charge < -0.3 is 9.84 Å². The van der Waals surface area contributed by atoms with E-state index >= 15 is 0 Å². The zero-order valence-electron chi connectivity index (χ0n) is 13.2. The van der Waals surface area contributed by atoms with Gasteiger partial charge in [-0.05, 0) is 54.2 Å². The van der Waals surface area contributed by atoms with Gasteiger partial charge >= 0.3 is 5.97 Å². The number of aromatic nitrogens is 3. The highest BCUT2D eigenvalue weighted by Crippen LogP contribution is 2.20. The van der Waals surface area contributed by atoms with Crippen LogP contribution in [0.25, 0.3) is 11.4 Å². The average Bonchev–Trinajstić information content (AvgIpc) is 3.01. The maximum Gasteiger partial charge on any atom is 0.335 e. The number of nitrogens with one attached hydrogen (secondary N) is 1. The third-order valence-corrected chi connectivity index (χ3v) is 3.74. The molecule has 0 aliphatic rings. The van der Waals surface area contributed by atoms with Gasteiger partial charge in [0.05, 0.1) is 18.9 Å². The lowest BCUT2D eigenvalue weighted by Crippen LogP contribution is -1.97. The molecule has 0 saturated heterocycles. The maximum absolute atomic E-state index is 10.9. The third kappa shape index (κ3) is 3.64. The fourth-order valence-electron chi connectivity index (χ4n) is 2.16. The molecule has 2 N–H and O–H groups in total. The van der Waals surface area contributed by atoms with Crippen molar-refractivity contribution < 1.29 is 14.6 Å². The highest BCUT2D eigenvalue weighted by Gasteiger charge is 2.08. The molecule has 1 aromatic heterocycles. The summed E-state index contributed by atoms with van der Waals surface area (Å²) >= 11 is 5.22. The monoisotopic (exact) mass is 354 g/mol. The number of aromatic carboxylic acids is 1. The lowest BCUT2D eigenvalue weighted by Gasteiger charge is -2.03. The number of methoxy groups -OCH3 is 1. The topological polar surface area (TPSA) is 92.5 Å². The van der Waals surface area contributed by atoms with Crippen LogP contribution in [0.1, 0.15) is 15.9 Å². The van der Waals surface area contributed by atoms with Crippen LogP contribution >= 0.6 is 12.2 Å². The van der Waals surface area contributed by atoms with Crippen LogP contribution in [0.2, 0.25) is 0 Å². The molecule has 0 aliphatic carbocycles. The minimum atomic E-state index is -0.970. The molecule has 25 heavy (non-hydrogen) atoms. The number of hydrogen-bond donors (Lipinski definition) is 2. The summed E-state index contributed by atoms with van der Waals surface area (Å²) in [7, 11) is 1.60. The quantitative estimate of drug-likeness (QED) is 0.542. The number of hydrogen-bond acceptors (Lipinski definition) is 5. The number of rotatable bonds is 5. The predicted octanol–water partition coefficient (Wildman–Crippen LogP) is 3.20. The van der Waals surface area contributed by atoms with Gasteiger partial charge in [0.25, 0.3) is 0 Å². The summed E-state index contributed by atoms with van der Waals surface area (Å²) in [5.41, 5.74) is 1.79. The minimum absolute atomic E-state index is 0.219. The van der Waals surface area contributed by atoms with Crippen LogP contribution in [0.5, 0.6) is 5.75 Å². The van der Waals surface area contributed by atoms with Crippen molar-refractivity contribution in [1.82, 2.24) is 14.9 Å². The number of H-pyrrole nitrogens is 1. The molecule has 126 valence electrons. The van der Waals surface area contributed by atoms with Gasteiger partial charge in [-0.15, -0.1) is 0 Å². The Labute approximate surface area is 148 Å². The molecule has 0 aliphatic heterocycles. The van der Waals surface area contributed by atoms with E-state index in [4.69, 9.17) is 22.1 Å². The number of carboxylic acid groups (broad SMARTS) is 1. The molecule has 0 saturated carbocycles. The SMILES string of the molecule is COc1ccc(-c2n[nH]c(=S)n2/N=C/c2ccc(C(=O)O)cc2)cc1. The molecule has 2 aromatic carbocycles. The first-order valence-corrected chi connectivity index (χ1v) is 7.69. The van der Waals surface area contributed by atoms with Gasteiger partial charge in [-0.2, -0.15) is 14.9 Å². The molecule has 0 bridgehead atoms. The van der Waals surface area contributed by atoms with E-state index in [9.17, 15) is 4.79 Å². The second-order valence-electron chi connectivity index (χ2n) is 5.06. The van der Waals surface area contributed by atoms with Gasteiger partial charge in [0.2, 0.25) is 4.77 Å². The zero-order chi connectivity index (χ0) is 17.8. The van der Waals surface area contributed by atoms with Crippen LogP contribution < -0.4 is 4.74 Å². The van der Waals surface area contributed by atoms with Crippen LogP contribution in [-0.4, -0.2) is 39.3 Å². The maximum atomic E-state index is 10.9. The summed E-state index contributed by atoms with van der Waals surface area (Å²) in [6.07, 6.45) is 1.59. The van der Waals surface area contributed by atoms with Gasteiger partial charge in [0.1, 0.15) is 5.75 Å². The number of nitrogens with zero attached hydrogens (tertiary/aromatic N) is 3. The van der Waals surface area contributed by atoms with Crippen molar-refractivity contribution in [1.29, 1.82) is 0 Å². The Morgan fingerprint density at radius 2 is 1.92 bits per heavy atom. The number of carbonyl (C=O) groups is 1. The van der Waals surface area contributed by atoms with E-state index in [0.717, 1.165) is 16.9 Å². The van der Waals surface area contributed by atoms with Gasteiger partial charge in [-0.25, -0.2) is 9.89 Å². The molecule has 0 unspecified atom stereocenters. The first-order valence-electron chi connectivity index (χ1n) is 7.28. The van der Waals surface area contributed by atoms with Crippen molar-refractivity contribution in [3.8, 4) is 17.1 Å². The Balaban J connectivity index is 1.91. The zero-order valence-corrected chi connectivity index (χ0v) is 14.0. The summed E-state index contributed by atoms with van der Waals surface area (Å²) in [6.45, 7) is 0. The fraction of sp³-hybridized carbons (Fsp3) is 0.0588. The van der Waals surface area contributed by atoms with E-state index in [0.29, 0.717) is 10.6 Å². The Bertz CT molecular complexity index is 972. The standard InChI is InChI=1S/C17H14N4O3S/c1-24-14-8-6-12(7-9-14)15-19-20-17(25)21(15)18-10-11-2-4-13(5-3-11)16(22)23/h2-10H,1H3,(H,20,25)(H,22,23)/b18-10+. The van der Waals surface area contributed by atoms with Crippen LogP contribution in [-0.2, 0) is 0 Å². The van der Waals surface area contributed by atoms with Crippen molar-refractivity contribution in [2.45, 2.75) is 0 Å². The fourth-order valence-corrected chi connectivity index (χ4v) is 2.34. The summed E-state index contributed by atoms with van der Waals surface area (Å²) < 4.78 is 7.00. The number of benzene rings is 2. The smallest absolute Gasteiger partial charge is 0.335 e. The first-order chi connectivity index (χ1) is 12.1. The first kappa shape index (κ1) is 16.6. The summed E-state index contributed by atoms with van der Waals surface area (Å²) in [5.74, 6) is 0.333. The Kier molecular flexibility index (Phi) is 4.71. The van der Waals surface area contributed by atoms with E-state index in [-0.39, 0.29) is 5.56 Å². The predicted molar refractivity (Wildman–Crippen MR) is 95.8 cm³/mol. The van der Waals surface area contributed by atoms with Gasteiger partial charge in [0, 0.05) is 5.56 Å². The molecule has 0 spiro atoms. The highest BCUT2D eigenvalue weighted by molar-refractivity contribution is 7.71. The lowest BCUT2D eigenvalue weighted by molar-refractivity contribution is 0.0697. The van der Waals surface area contributed by atoms with Gasteiger partial charge in [-0.3, -0.25) is 0 Å². The normalized spacial score (nSPS) is 10.9. The van der Waals surface area contributed by atoms with E-state index in [1.165, 1.54) is 16.8 Å². The number of aromatic amines is 1. The van der Waals surface area contributed by atoms with E-state index < -0.39 is 5.97 Å². The van der Waals surface area contributed by atoms with Crippen molar-refractivity contribution >= 4 is 24.4 Å². The third-order valence-electron chi connectivity index (χ3n) is 3.48. The largest absolute Gasteiger partial charge is 0.497 e. The Morgan fingerprint density at radius 1 is 1.24 bits per heavy atom. The van der Waals surface area contributed by atoms with Crippen molar-refractivity contribution in [2.24, 2.45) is 5.10 Å². The highest BCUT2D eigenvalue weighted by atomic mass is 32.1. The second-order valence-corrected chi connectivity index (χ2v) is 5.45. The number of carboxylic acids is 1. The molecule has 0 fully saturated rings. The van der Waals surface area contributed by atoms with Crippen LogP contribution in [0, 0.1) is 4.77 Å². The molecule has 1 heterocycles. The van der Waals surface area contributed by atoms with Crippen molar-refractivity contribution in [3.05, 3.63) is 64.4 Å². The summed E-state index contributed by atoms with van der Waals surface area (Å²) in [4.78, 5) is 10.9. The minimum Gasteiger partial charge on any atom is -0.497 e. The van der Waals surface area contributed by atoms with Crippen LogP contribution in [0.3, 0.4) is 0 Å². The molecular formula is C17H14N4O3S. The molecule has 0 atom stereocenters. The molecule has 3 rings (SSSR count). The molecule has 0 radical (unpaired) electrons. The van der Waals surface area contributed by atoms with Crippen LogP contribution in [0.15, 0.2) is 53.6 Å². The van der Waals surface area contributed by atoms with Gasteiger partial charge in [-0.1, -0.05) is 12.1 Å². The van der Waals surface area contributed by atoms with Crippen molar-refractivity contribution in [3.63, 3.8) is 0 Å². The van der Waals surface area contributed by atoms with Crippen molar-refractivity contribution in [2.75, 3.05) is 7.11 Å². The number of ether oxygens (including phenoxy) is 1. The molecule has 0 amide bonds. The van der Waals surface area contributed by atoms with E-state index in [1.54, 1.807) is 25.5 Å². The van der Waals surface area contributed by atoms with Crippen LogP contribution in [0.4, 0.5) is 0 Å². The molecule has 8 heteroatoms. The molecular weight excluding hydrogens is 340 g/mol. The lowest BCUT2D eigenvalue weighted by atomic mass is 10.1. The van der Waals surface area contributed by atoms with E-state index in [2.05, 4.69) is 15.3 Å². The Morgan fingerprint density at radius 3 is 2.52 bits per heavy atom. The summed E-state index contributed by atoms with van der Waals surface area (Å²) in [6, 6.07) is 13.7. The second kappa shape index (κ2) is 7.10. The Hall–Kier alpha value is -3.26. The van der Waals surface area contributed by atoms with E-state index in [1.807, 2.05) is 24.3 Å². The van der Waals surface area contributed by atoms with Gasteiger partial charge in [0.15, 0.2) is 5.82 Å². The summed E-state index contributed by atoms with van der Waals surface area (Å²) in [5, 5.41) is 20.2.